The number of thioether (sulfide) groups is 1. The van der Waals surface area contributed by atoms with Gasteiger partial charge < -0.3 is 10.1 Å². The first-order chi connectivity index (χ1) is 8.08. The molecule has 1 aromatic rings. The highest BCUT2D eigenvalue weighted by molar-refractivity contribution is 7.98. The lowest BCUT2D eigenvalue weighted by Crippen LogP contribution is -2.31. The number of ether oxygens (including phenoxy) is 1. The molecule has 2 nitrogen and oxygen atoms in total. The molecule has 17 heavy (non-hydrogen) atoms. The summed E-state index contributed by atoms with van der Waals surface area (Å²) in [6.07, 6.45) is 2.14. The summed E-state index contributed by atoms with van der Waals surface area (Å²) in [6.45, 7) is 6.52. The molecule has 0 radical (unpaired) electrons. The van der Waals surface area contributed by atoms with Crippen molar-refractivity contribution in [1.82, 2.24) is 5.32 Å². The van der Waals surface area contributed by atoms with E-state index >= 15 is 0 Å². The minimum atomic E-state index is 0.312. The summed E-state index contributed by atoms with van der Waals surface area (Å²) in [4.78, 5) is 0. The first kappa shape index (κ1) is 14.4. The third-order valence-corrected chi connectivity index (χ3v) is 3.64. The molecule has 96 valence electrons. The first-order valence-corrected chi connectivity index (χ1v) is 7.37. The van der Waals surface area contributed by atoms with Crippen molar-refractivity contribution >= 4 is 11.8 Å². The number of aryl methyl sites for hydroxylation is 1. The maximum Gasteiger partial charge on any atom is 0.123 e. The van der Waals surface area contributed by atoms with Gasteiger partial charge in [0.2, 0.25) is 0 Å². The molecule has 0 amide bonds. The fourth-order valence-electron chi connectivity index (χ4n) is 2.01. The zero-order valence-corrected chi connectivity index (χ0v) is 12.2. The van der Waals surface area contributed by atoms with E-state index in [1.54, 1.807) is 7.11 Å². The number of rotatable bonds is 6. The largest absolute Gasteiger partial charge is 0.496 e. The second-order valence-electron chi connectivity index (χ2n) is 4.49. The van der Waals surface area contributed by atoms with Crippen molar-refractivity contribution < 1.29 is 4.74 Å². The molecule has 0 aliphatic heterocycles. The molecule has 0 saturated carbocycles. The minimum Gasteiger partial charge on any atom is -0.496 e. The van der Waals surface area contributed by atoms with Crippen LogP contribution in [0.5, 0.6) is 5.75 Å². The third-order valence-electron chi connectivity index (χ3n) is 2.80. The molecule has 1 N–H and O–H groups in total. The maximum absolute atomic E-state index is 5.42. The van der Waals surface area contributed by atoms with E-state index < -0.39 is 0 Å². The van der Waals surface area contributed by atoms with E-state index in [0.717, 1.165) is 11.5 Å². The van der Waals surface area contributed by atoms with Gasteiger partial charge in [0, 0.05) is 23.4 Å². The van der Waals surface area contributed by atoms with Crippen molar-refractivity contribution in [2.75, 3.05) is 19.1 Å². The van der Waals surface area contributed by atoms with E-state index in [0.29, 0.717) is 12.1 Å². The monoisotopic (exact) mass is 253 g/mol. The van der Waals surface area contributed by atoms with Crippen LogP contribution in [-0.4, -0.2) is 25.2 Å². The van der Waals surface area contributed by atoms with Gasteiger partial charge >= 0.3 is 0 Å². The Morgan fingerprint density at radius 2 is 2.06 bits per heavy atom. The summed E-state index contributed by atoms with van der Waals surface area (Å²) < 4.78 is 5.42. The number of benzene rings is 1. The van der Waals surface area contributed by atoms with Gasteiger partial charge in [-0.2, -0.15) is 11.8 Å². The van der Waals surface area contributed by atoms with Crippen LogP contribution in [0.2, 0.25) is 0 Å². The number of methoxy groups -OCH3 is 1. The smallest absolute Gasteiger partial charge is 0.123 e. The predicted octanol–water partition coefficient (Wildman–Crippen LogP) is 3.41. The second-order valence-corrected chi connectivity index (χ2v) is 5.40. The Bertz CT molecular complexity index is 354. The lowest BCUT2D eigenvalue weighted by atomic mass is 10.0. The molecule has 2 atom stereocenters. The summed E-state index contributed by atoms with van der Waals surface area (Å²) in [5, 5.41) is 3.60. The summed E-state index contributed by atoms with van der Waals surface area (Å²) in [6, 6.07) is 7.14. The molecule has 1 aromatic carbocycles. The molecule has 0 bridgehead atoms. The van der Waals surface area contributed by atoms with Gasteiger partial charge in [0.15, 0.2) is 0 Å². The first-order valence-electron chi connectivity index (χ1n) is 5.98. The summed E-state index contributed by atoms with van der Waals surface area (Å²) in [5.41, 5.74) is 2.51. The molecule has 0 saturated heterocycles. The summed E-state index contributed by atoms with van der Waals surface area (Å²) in [7, 11) is 1.73. The number of hydrogen-bond acceptors (Lipinski definition) is 3. The highest BCUT2D eigenvalue weighted by Crippen LogP contribution is 2.26. The van der Waals surface area contributed by atoms with Crippen LogP contribution in [-0.2, 0) is 0 Å². The van der Waals surface area contributed by atoms with Crippen molar-refractivity contribution in [3.63, 3.8) is 0 Å². The maximum atomic E-state index is 5.42. The molecule has 0 heterocycles. The summed E-state index contributed by atoms with van der Waals surface area (Å²) >= 11 is 1.87. The minimum absolute atomic E-state index is 0.312. The van der Waals surface area contributed by atoms with Gasteiger partial charge in [-0.15, -0.1) is 0 Å². The van der Waals surface area contributed by atoms with Crippen molar-refractivity contribution in [1.29, 1.82) is 0 Å². The summed E-state index contributed by atoms with van der Waals surface area (Å²) in [5.74, 6) is 2.09. The molecular weight excluding hydrogens is 230 g/mol. The van der Waals surface area contributed by atoms with Gasteiger partial charge in [0.1, 0.15) is 5.75 Å². The van der Waals surface area contributed by atoms with Crippen LogP contribution in [0.25, 0.3) is 0 Å². The van der Waals surface area contributed by atoms with E-state index in [9.17, 15) is 0 Å². The zero-order valence-electron chi connectivity index (χ0n) is 11.4. The van der Waals surface area contributed by atoms with Gasteiger partial charge in [-0.1, -0.05) is 17.7 Å². The van der Waals surface area contributed by atoms with E-state index in [1.165, 1.54) is 11.1 Å². The van der Waals surface area contributed by atoms with E-state index in [4.69, 9.17) is 4.74 Å². The molecule has 0 aliphatic rings. The average Bonchev–Trinajstić information content (AvgIpc) is 2.29. The highest BCUT2D eigenvalue weighted by Gasteiger charge is 2.13. The van der Waals surface area contributed by atoms with Crippen LogP contribution < -0.4 is 10.1 Å². The van der Waals surface area contributed by atoms with Crippen LogP contribution in [0.1, 0.15) is 31.0 Å². The van der Waals surface area contributed by atoms with Crippen molar-refractivity contribution in [3.8, 4) is 5.75 Å². The van der Waals surface area contributed by atoms with Gasteiger partial charge in [-0.05, 0) is 33.1 Å². The van der Waals surface area contributed by atoms with E-state index in [-0.39, 0.29) is 0 Å². The van der Waals surface area contributed by atoms with Gasteiger partial charge in [0.25, 0.3) is 0 Å². The average molecular weight is 253 g/mol. The molecular formula is C14H23NOS. The predicted molar refractivity (Wildman–Crippen MR) is 77.1 cm³/mol. The topological polar surface area (TPSA) is 21.3 Å². The van der Waals surface area contributed by atoms with E-state index in [1.807, 2.05) is 17.8 Å². The molecule has 3 heteroatoms. The van der Waals surface area contributed by atoms with E-state index in [2.05, 4.69) is 44.5 Å². The lowest BCUT2D eigenvalue weighted by molar-refractivity contribution is 0.398. The van der Waals surface area contributed by atoms with Crippen molar-refractivity contribution in [3.05, 3.63) is 29.3 Å². The fourth-order valence-corrected chi connectivity index (χ4v) is 2.60. The van der Waals surface area contributed by atoms with Crippen molar-refractivity contribution in [2.45, 2.75) is 32.9 Å². The number of nitrogens with one attached hydrogen (secondary N) is 1. The Kier molecular flexibility index (Phi) is 5.86. The van der Waals surface area contributed by atoms with Gasteiger partial charge in [-0.3, -0.25) is 0 Å². The Morgan fingerprint density at radius 1 is 1.35 bits per heavy atom. The van der Waals surface area contributed by atoms with Gasteiger partial charge in [-0.25, -0.2) is 0 Å². The molecule has 2 unspecified atom stereocenters. The quantitative estimate of drug-likeness (QED) is 0.839. The lowest BCUT2D eigenvalue weighted by Gasteiger charge is -2.22. The molecule has 0 aliphatic carbocycles. The highest BCUT2D eigenvalue weighted by atomic mass is 32.2. The van der Waals surface area contributed by atoms with Crippen molar-refractivity contribution in [2.24, 2.45) is 0 Å². The van der Waals surface area contributed by atoms with Crippen LogP contribution in [0.3, 0.4) is 0 Å². The second kappa shape index (κ2) is 6.92. The van der Waals surface area contributed by atoms with Crippen LogP contribution in [0, 0.1) is 6.92 Å². The Hall–Kier alpha value is -0.670. The Morgan fingerprint density at radius 3 is 2.65 bits per heavy atom. The Balaban J connectivity index is 2.79. The molecule has 0 fully saturated rings. The van der Waals surface area contributed by atoms with Crippen LogP contribution in [0.4, 0.5) is 0 Å². The fraction of sp³-hybridized carbons (Fsp3) is 0.571. The molecule has 1 rings (SSSR count). The number of hydrogen-bond donors (Lipinski definition) is 1. The zero-order chi connectivity index (χ0) is 12.8. The molecule has 0 aromatic heterocycles. The SMILES string of the molecule is COc1ccc(C)cc1C(C)NC(C)CSC. The molecule has 0 spiro atoms. The normalized spacial score (nSPS) is 14.4. The standard InChI is InChI=1S/C14H23NOS/c1-10-6-7-14(16-4)13(8-10)12(3)15-11(2)9-17-5/h6-8,11-12,15H,9H2,1-5H3. The van der Waals surface area contributed by atoms with Crippen LogP contribution in [0.15, 0.2) is 18.2 Å². The van der Waals surface area contributed by atoms with Gasteiger partial charge in [0.05, 0.1) is 7.11 Å². The third kappa shape index (κ3) is 4.25. The Labute approximate surface area is 109 Å². The van der Waals surface area contributed by atoms with Crippen LogP contribution >= 0.6 is 11.8 Å².